The molecule has 0 radical (unpaired) electrons. The maximum absolute atomic E-state index is 5.61. The van der Waals surface area contributed by atoms with Crippen LogP contribution in [-0.2, 0) is 10.6 Å². The number of ether oxygens (including phenoxy) is 1. The van der Waals surface area contributed by atoms with Gasteiger partial charge in [-0.25, -0.2) is 4.68 Å². The van der Waals surface area contributed by atoms with Crippen molar-refractivity contribution in [2.45, 2.75) is 25.3 Å². The van der Waals surface area contributed by atoms with E-state index in [0.717, 1.165) is 18.7 Å². The summed E-state index contributed by atoms with van der Waals surface area (Å²) in [6.07, 6.45) is 2.80. The second-order valence-electron chi connectivity index (χ2n) is 2.95. The minimum Gasteiger partial charge on any atom is -0.385 e. The Labute approximate surface area is 82.8 Å². The van der Waals surface area contributed by atoms with E-state index in [1.807, 2.05) is 10.9 Å². The Morgan fingerprint density at radius 2 is 2.46 bits per heavy atom. The van der Waals surface area contributed by atoms with Crippen molar-refractivity contribution in [3.8, 4) is 0 Å². The van der Waals surface area contributed by atoms with E-state index >= 15 is 0 Å². The van der Waals surface area contributed by atoms with Gasteiger partial charge in [-0.2, -0.15) is 0 Å². The fourth-order valence-corrected chi connectivity index (χ4v) is 1.13. The summed E-state index contributed by atoms with van der Waals surface area (Å²) in [6.45, 7) is 2.81. The van der Waals surface area contributed by atoms with Gasteiger partial charge in [-0.05, 0) is 13.3 Å². The van der Waals surface area contributed by atoms with Gasteiger partial charge in [0.1, 0.15) is 0 Å². The zero-order valence-corrected chi connectivity index (χ0v) is 8.66. The zero-order chi connectivity index (χ0) is 9.68. The molecule has 0 amide bonds. The third-order valence-corrected chi connectivity index (χ3v) is 2.16. The molecule has 0 fully saturated rings. The average molecular weight is 204 g/mol. The van der Waals surface area contributed by atoms with Crippen molar-refractivity contribution in [3.63, 3.8) is 0 Å². The maximum atomic E-state index is 5.61. The number of alkyl halides is 1. The third-order valence-electron chi connectivity index (χ3n) is 1.89. The number of methoxy groups -OCH3 is 1. The summed E-state index contributed by atoms with van der Waals surface area (Å²) < 4.78 is 6.80. The summed E-state index contributed by atoms with van der Waals surface area (Å²) >= 11 is 5.61. The third kappa shape index (κ3) is 2.97. The molecule has 0 saturated carbocycles. The van der Waals surface area contributed by atoms with Crippen LogP contribution >= 0.6 is 11.6 Å². The highest BCUT2D eigenvalue weighted by Crippen LogP contribution is 2.09. The van der Waals surface area contributed by atoms with Gasteiger partial charge in [0.2, 0.25) is 0 Å². The van der Waals surface area contributed by atoms with Gasteiger partial charge in [-0.3, -0.25) is 0 Å². The van der Waals surface area contributed by atoms with Crippen LogP contribution in [0.2, 0.25) is 0 Å². The summed E-state index contributed by atoms with van der Waals surface area (Å²) in [6, 6.07) is 0.310. The minimum absolute atomic E-state index is 0.310. The second kappa shape index (κ2) is 5.19. The Kier molecular flexibility index (Phi) is 4.18. The highest BCUT2D eigenvalue weighted by Gasteiger charge is 2.06. The first-order chi connectivity index (χ1) is 6.27. The lowest BCUT2D eigenvalue weighted by Crippen LogP contribution is -2.08. The Balaban J connectivity index is 2.50. The molecule has 74 valence electrons. The molecule has 0 spiro atoms. The molecule has 0 aliphatic rings. The van der Waals surface area contributed by atoms with Gasteiger partial charge in [0.25, 0.3) is 0 Å². The number of aromatic nitrogens is 3. The number of halogens is 1. The number of rotatable bonds is 5. The first-order valence-corrected chi connectivity index (χ1v) is 4.77. The Morgan fingerprint density at radius 1 is 1.69 bits per heavy atom. The maximum Gasteiger partial charge on any atom is 0.0974 e. The molecule has 0 N–H and O–H groups in total. The molecule has 1 atom stereocenters. The molecule has 13 heavy (non-hydrogen) atoms. The van der Waals surface area contributed by atoms with Crippen LogP contribution in [0.15, 0.2) is 6.20 Å². The number of hydrogen-bond acceptors (Lipinski definition) is 3. The number of nitrogens with zero attached hydrogens (tertiary/aromatic N) is 3. The van der Waals surface area contributed by atoms with Gasteiger partial charge in [-0.1, -0.05) is 5.21 Å². The summed E-state index contributed by atoms with van der Waals surface area (Å²) in [5.74, 6) is 0.414. The van der Waals surface area contributed by atoms with Gasteiger partial charge >= 0.3 is 0 Å². The van der Waals surface area contributed by atoms with Crippen molar-refractivity contribution in [2.75, 3.05) is 13.7 Å². The monoisotopic (exact) mass is 203 g/mol. The first-order valence-electron chi connectivity index (χ1n) is 4.23. The summed E-state index contributed by atoms with van der Waals surface area (Å²) in [5, 5.41) is 7.87. The molecule has 0 bridgehead atoms. The normalized spacial score (nSPS) is 13.2. The molecule has 1 aromatic heterocycles. The smallest absolute Gasteiger partial charge is 0.0974 e. The van der Waals surface area contributed by atoms with Crippen molar-refractivity contribution in [2.24, 2.45) is 0 Å². The SMILES string of the molecule is COCCC(C)n1cc(CCl)nn1. The fourth-order valence-electron chi connectivity index (χ4n) is 1.01. The van der Waals surface area contributed by atoms with Crippen LogP contribution in [0.4, 0.5) is 0 Å². The zero-order valence-electron chi connectivity index (χ0n) is 7.90. The highest BCUT2D eigenvalue weighted by molar-refractivity contribution is 6.16. The highest BCUT2D eigenvalue weighted by atomic mass is 35.5. The van der Waals surface area contributed by atoms with E-state index in [0.29, 0.717) is 11.9 Å². The van der Waals surface area contributed by atoms with E-state index in [2.05, 4.69) is 17.2 Å². The van der Waals surface area contributed by atoms with Crippen molar-refractivity contribution in [1.82, 2.24) is 15.0 Å². The van der Waals surface area contributed by atoms with Crippen LogP contribution in [0.5, 0.6) is 0 Å². The first kappa shape index (κ1) is 10.5. The molecule has 0 saturated heterocycles. The lowest BCUT2D eigenvalue weighted by Gasteiger charge is -2.09. The van der Waals surface area contributed by atoms with E-state index in [-0.39, 0.29) is 0 Å². The molecular formula is C8H14ClN3O. The van der Waals surface area contributed by atoms with Crippen molar-refractivity contribution in [1.29, 1.82) is 0 Å². The molecule has 0 aromatic carbocycles. The lowest BCUT2D eigenvalue weighted by molar-refractivity contribution is 0.178. The van der Waals surface area contributed by atoms with Crippen LogP contribution in [0, 0.1) is 0 Å². The van der Waals surface area contributed by atoms with Crippen LogP contribution in [0.1, 0.15) is 25.1 Å². The largest absolute Gasteiger partial charge is 0.385 e. The van der Waals surface area contributed by atoms with E-state index in [1.54, 1.807) is 7.11 Å². The molecule has 1 unspecified atom stereocenters. The number of hydrogen-bond donors (Lipinski definition) is 0. The Hall–Kier alpha value is -0.610. The molecule has 1 rings (SSSR count). The average Bonchev–Trinajstić information content (AvgIpc) is 2.62. The fraction of sp³-hybridized carbons (Fsp3) is 0.750. The van der Waals surface area contributed by atoms with Crippen molar-refractivity contribution < 1.29 is 4.74 Å². The van der Waals surface area contributed by atoms with Crippen LogP contribution in [0.25, 0.3) is 0 Å². The van der Waals surface area contributed by atoms with E-state index in [9.17, 15) is 0 Å². The molecule has 0 aliphatic heterocycles. The molecule has 5 heteroatoms. The van der Waals surface area contributed by atoms with Gasteiger partial charge in [-0.15, -0.1) is 16.7 Å². The second-order valence-corrected chi connectivity index (χ2v) is 3.22. The topological polar surface area (TPSA) is 39.9 Å². The standard InChI is InChI=1S/C8H14ClN3O/c1-7(3-4-13-2)12-6-8(5-9)10-11-12/h6-7H,3-5H2,1-2H3. The quantitative estimate of drug-likeness (QED) is 0.683. The molecular weight excluding hydrogens is 190 g/mol. The van der Waals surface area contributed by atoms with Crippen molar-refractivity contribution in [3.05, 3.63) is 11.9 Å². The van der Waals surface area contributed by atoms with Crippen molar-refractivity contribution >= 4 is 11.6 Å². The van der Waals surface area contributed by atoms with E-state index in [1.165, 1.54) is 0 Å². The Morgan fingerprint density at radius 3 is 3.00 bits per heavy atom. The Bertz CT molecular complexity index is 251. The predicted molar refractivity (Wildman–Crippen MR) is 50.8 cm³/mol. The summed E-state index contributed by atoms with van der Waals surface area (Å²) in [5.41, 5.74) is 0.811. The van der Waals surface area contributed by atoms with Gasteiger partial charge in [0.05, 0.1) is 17.6 Å². The van der Waals surface area contributed by atoms with E-state index in [4.69, 9.17) is 16.3 Å². The molecule has 4 nitrogen and oxygen atoms in total. The van der Waals surface area contributed by atoms with Gasteiger partial charge in [0, 0.05) is 19.9 Å². The van der Waals surface area contributed by atoms with Gasteiger partial charge < -0.3 is 4.74 Å². The van der Waals surface area contributed by atoms with E-state index < -0.39 is 0 Å². The summed E-state index contributed by atoms with van der Waals surface area (Å²) in [7, 11) is 1.69. The van der Waals surface area contributed by atoms with Crippen LogP contribution < -0.4 is 0 Å². The lowest BCUT2D eigenvalue weighted by atomic mass is 10.2. The predicted octanol–water partition coefficient (Wildman–Crippen LogP) is 1.61. The van der Waals surface area contributed by atoms with Crippen LogP contribution in [-0.4, -0.2) is 28.7 Å². The molecule has 1 aromatic rings. The minimum atomic E-state index is 0.310. The summed E-state index contributed by atoms with van der Waals surface area (Å²) in [4.78, 5) is 0. The van der Waals surface area contributed by atoms with Crippen LogP contribution in [0.3, 0.4) is 0 Å². The molecule has 1 heterocycles. The van der Waals surface area contributed by atoms with Gasteiger partial charge in [0.15, 0.2) is 0 Å². The molecule has 0 aliphatic carbocycles.